The Balaban J connectivity index is 1.66. The zero-order valence-corrected chi connectivity index (χ0v) is 14.6. The molecular formula is C22H18N2O3. The Morgan fingerprint density at radius 3 is 2.56 bits per heavy atom. The standard InChI is InChI=1S/C22H18N2O3/c25-21(26)14-24-20-12-5-4-11-19(20)22(23-24)17-9-6-10-18(13-17)27-15-16-7-2-1-3-8-16/h1-13H,14-15H2,(H,25,26). The maximum absolute atomic E-state index is 11.2. The average Bonchev–Trinajstić information content (AvgIpc) is 3.06. The van der Waals surface area contributed by atoms with Gasteiger partial charge in [0.15, 0.2) is 0 Å². The molecule has 1 N–H and O–H groups in total. The summed E-state index contributed by atoms with van der Waals surface area (Å²) in [5, 5.41) is 14.6. The van der Waals surface area contributed by atoms with E-state index in [4.69, 9.17) is 9.84 Å². The summed E-state index contributed by atoms with van der Waals surface area (Å²) in [6, 6.07) is 25.3. The third-order valence-corrected chi connectivity index (χ3v) is 4.30. The van der Waals surface area contributed by atoms with E-state index in [1.807, 2.05) is 78.9 Å². The summed E-state index contributed by atoms with van der Waals surface area (Å²) in [4.78, 5) is 11.2. The van der Waals surface area contributed by atoms with Crippen LogP contribution in [-0.2, 0) is 17.9 Å². The molecule has 4 rings (SSSR count). The number of aliphatic carboxylic acids is 1. The van der Waals surface area contributed by atoms with E-state index in [-0.39, 0.29) is 6.54 Å². The molecule has 0 aliphatic rings. The summed E-state index contributed by atoms with van der Waals surface area (Å²) in [5.41, 5.74) is 3.53. The van der Waals surface area contributed by atoms with E-state index in [1.54, 1.807) is 0 Å². The van der Waals surface area contributed by atoms with Crippen molar-refractivity contribution in [2.75, 3.05) is 0 Å². The van der Waals surface area contributed by atoms with Crippen molar-refractivity contribution in [2.45, 2.75) is 13.2 Å². The molecule has 134 valence electrons. The normalized spacial score (nSPS) is 10.8. The number of ether oxygens (including phenoxy) is 1. The first kappa shape index (κ1) is 16.8. The van der Waals surface area contributed by atoms with Crippen LogP contribution in [0.5, 0.6) is 5.75 Å². The fourth-order valence-electron chi connectivity index (χ4n) is 3.06. The van der Waals surface area contributed by atoms with Crippen molar-refractivity contribution in [2.24, 2.45) is 0 Å². The van der Waals surface area contributed by atoms with Crippen LogP contribution in [0.4, 0.5) is 0 Å². The van der Waals surface area contributed by atoms with Gasteiger partial charge in [0.1, 0.15) is 24.6 Å². The lowest BCUT2D eigenvalue weighted by Gasteiger charge is -2.07. The van der Waals surface area contributed by atoms with Crippen molar-refractivity contribution in [1.29, 1.82) is 0 Å². The molecule has 0 aliphatic heterocycles. The number of carbonyl (C=O) groups is 1. The lowest BCUT2D eigenvalue weighted by Crippen LogP contribution is -2.09. The van der Waals surface area contributed by atoms with E-state index in [1.165, 1.54) is 4.68 Å². The Morgan fingerprint density at radius 2 is 1.74 bits per heavy atom. The fraction of sp³-hybridized carbons (Fsp3) is 0.0909. The van der Waals surface area contributed by atoms with Crippen molar-refractivity contribution in [1.82, 2.24) is 9.78 Å². The highest BCUT2D eigenvalue weighted by Crippen LogP contribution is 2.30. The molecule has 0 spiro atoms. The molecule has 0 amide bonds. The molecule has 0 atom stereocenters. The van der Waals surface area contributed by atoms with Gasteiger partial charge < -0.3 is 9.84 Å². The Hall–Kier alpha value is -3.60. The predicted molar refractivity (Wildman–Crippen MR) is 104 cm³/mol. The third kappa shape index (κ3) is 3.67. The van der Waals surface area contributed by atoms with Crippen LogP contribution in [0.3, 0.4) is 0 Å². The molecule has 0 bridgehead atoms. The molecule has 5 nitrogen and oxygen atoms in total. The van der Waals surface area contributed by atoms with E-state index in [2.05, 4.69) is 5.10 Å². The third-order valence-electron chi connectivity index (χ3n) is 4.30. The molecule has 5 heteroatoms. The molecule has 0 aliphatic carbocycles. The summed E-state index contributed by atoms with van der Waals surface area (Å²) in [5.74, 6) is -0.178. The maximum atomic E-state index is 11.2. The second kappa shape index (κ2) is 7.33. The van der Waals surface area contributed by atoms with Crippen molar-refractivity contribution in [3.63, 3.8) is 0 Å². The second-order valence-corrected chi connectivity index (χ2v) is 6.22. The molecule has 27 heavy (non-hydrogen) atoms. The Bertz CT molecular complexity index is 1090. The lowest BCUT2D eigenvalue weighted by atomic mass is 10.1. The average molecular weight is 358 g/mol. The predicted octanol–water partition coefficient (Wildman–Crippen LogP) is 4.37. The minimum absolute atomic E-state index is 0.176. The van der Waals surface area contributed by atoms with E-state index < -0.39 is 5.97 Å². The highest BCUT2D eigenvalue weighted by molar-refractivity contribution is 5.94. The topological polar surface area (TPSA) is 64.3 Å². The number of rotatable bonds is 6. The van der Waals surface area contributed by atoms with Crippen molar-refractivity contribution < 1.29 is 14.6 Å². The SMILES string of the molecule is O=C(O)Cn1nc(-c2cccc(OCc3ccccc3)c2)c2ccccc21. The van der Waals surface area contributed by atoms with E-state index in [0.29, 0.717) is 6.61 Å². The van der Waals surface area contributed by atoms with Crippen LogP contribution < -0.4 is 4.74 Å². The van der Waals surface area contributed by atoms with Crippen molar-refractivity contribution in [3.05, 3.63) is 84.4 Å². The van der Waals surface area contributed by atoms with Gasteiger partial charge in [-0.15, -0.1) is 0 Å². The Labute approximate surface area is 156 Å². The zero-order valence-electron chi connectivity index (χ0n) is 14.6. The number of para-hydroxylation sites is 1. The van der Waals surface area contributed by atoms with Crippen molar-refractivity contribution in [3.8, 4) is 17.0 Å². The van der Waals surface area contributed by atoms with Gasteiger partial charge in [0.25, 0.3) is 0 Å². The van der Waals surface area contributed by atoms with Gasteiger partial charge in [-0.05, 0) is 23.8 Å². The monoisotopic (exact) mass is 358 g/mol. The van der Waals surface area contributed by atoms with Crippen LogP contribution in [0.15, 0.2) is 78.9 Å². The maximum Gasteiger partial charge on any atom is 0.325 e. The lowest BCUT2D eigenvalue weighted by molar-refractivity contribution is -0.137. The molecule has 0 fully saturated rings. The number of hydrogen-bond acceptors (Lipinski definition) is 3. The quantitative estimate of drug-likeness (QED) is 0.556. The van der Waals surface area contributed by atoms with Gasteiger partial charge in [-0.2, -0.15) is 5.10 Å². The van der Waals surface area contributed by atoms with Crippen LogP contribution in [-0.4, -0.2) is 20.9 Å². The van der Waals surface area contributed by atoms with Gasteiger partial charge >= 0.3 is 5.97 Å². The molecule has 3 aromatic carbocycles. The summed E-state index contributed by atoms with van der Waals surface area (Å²) in [7, 11) is 0. The molecule has 0 unspecified atom stereocenters. The minimum Gasteiger partial charge on any atom is -0.489 e. The first-order chi connectivity index (χ1) is 13.2. The summed E-state index contributed by atoms with van der Waals surface area (Å²) in [6.07, 6.45) is 0. The molecule has 0 saturated carbocycles. The fourth-order valence-corrected chi connectivity index (χ4v) is 3.06. The van der Waals surface area contributed by atoms with Crippen LogP contribution in [0.2, 0.25) is 0 Å². The Kier molecular flexibility index (Phi) is 4.58. The van der Waals surface area contributed by atoms with Gasteiger partial charge in [-0.1, -0.05) is 60.7 Å². The van der Waals surface area contributed by atoms with Crippen LogP contribution in [0, 0.1) is 0 Å². The van der Waals surface area contributed by atoms with E-state index in [0.717, 1.165) is 33.5 Å². The number of fused-ring (bicyclic) bond motifs is 1. The minimum atomic E-state index is -0.922. The molecule has 4 aromatic rings. The summed E-state index contributed by atoms with van der Waals surface area (Å²) in [6.45, 7) is 0.309. The molecule has 0 saturated heterocycles. The van der Waals surface area contributed by atoms with E-state index in [9.17, 15) is 4.79 Å². The second-order valence-electron chi connectivity index (χ2n) is 6.22. The molecular weight excluding hydrogens is 340 g/mol. The first-order valence-electron chi connectivity index (χ1n) is 8.65. The molecule has 1 aromatic heterocycles. The molecule has 0 radical (unpaired) electrons. The smallest absolute Gasteiger partial charge is 0.325 e. The van der Waals surface area contributed by atoms with E-state index >= 15 is 0 Å². The van der Waals surface area contributed by atoms with Gasteiger partial charge in [-0.25, -0.2) is 0 Å². The first-order valence-corrected chi connectivity index (χ1v) is 8.65. The van der Waals surface area contributed by atoms with Gasteiger partial charge in [0.05, 0.1) is 5.52 Å². The van der Waals surface area contributed by atoms with Gasteiger partial charge in [0, 0.05) is 10.9 Å². The number of carboxylic acids is 1. The number of aromatic nitrogens is 2. The highest BCUT2D eigenvalue weighted by atomic mass is 16.5. The number of carboxylic acid groups (broad SMARTS) is 1. The number of nitrogens with zero attached hydrogens (tertiary/aromatic N) is 2. The number of benzene rings is 3. The highest BCUT2D eigenvalue weighted by Gasteiger charge is 2.14. The summed E-state index contributed by atoms with van der Waals surface area (Å²) < 4.78 is 7.43. The van der Waals surface area contributed by atoms with Gasteiger partial charge in [-0.3, -0.25) is 9.48 Å². The summed E-state index contributed by atoms with van der Waals surface area (Å²) >= 11 is 0. The van der Waals surface area contributed by atoms with Crippen molar-refractivity contribution >= 4 is 16.9 Å². The zero-order chi connectivity index (χ0) is 18.6. The van der Waals surface area contributed by atoms with Crippen LogP contribution in [0.25, 0.3) is 22.2 Å². The molecule has 1 heterocycles. The van der Waals surface area contributed by atoms with Crippen LogP contribution in [0.1, 0.15) is 5.56 Å². The number of hydrogen-bond donors (Lipinski definition) is 1. The Morgan fingerprint density at radius 1 is 0.963 bits per heavy atom. The van der Waals surface area contributed by atoms with Crippen LogP contribution >= 0.6 is 0 Å². The largest absolute Gasteiger partial charge is 0.489 e. The van der Waals surface area contributed by atoms with Gasteiger partial charge in [0.2, 0.25) is 0 Å².